The monoisotopic (exact) mass is 425 g/mol. The standard InChI is InChI=1S/C21H19N3O7/c1-3-29-20-12-15(9-11-19-21(24(27)28)14(2)22-31-19)8-10-18(20)30-13-16-6-4-5-7-17(16)23(25)26/h4-12H,3,13H2,1-2H3/b11-9-. The number of para-hydroxylation sites is 1. The van der Waals surface area contributed by atoms with Crippen molar-refractivity contribution in [3.8, 4) is 11.5 Å². The second kappa shape index (κ2) is 9.53. The zero-order valence-electron chi connectivity index (χ0n) is 16.8. The number of benzene rings is 2. The van der Waals surface area contributed by atoms with Crippen LogP contribution in [0.1, 0.15) is 29.5 Å². The summed E-state index contributed by atoms with van der Waals surface area (Å²) in [5.74, 6) is 0.891. The van der Waals surface area contributed by atoms with E-state index in [1.165, 1.54) is 19.1 Å². The summed E-state index contributed by atoms with van der Waals surface area (Å²) in [4.78, 5) is 21.3. The van der Waals surface area contributed by atoms with Crippen LogP contribution >= 0.6 is 0 Å². The fraction of sp³-hybridized carbons (Fsp3) is 0.190. The number of nitro benzene ring substituents is 1. The molecule has 1 aromatic heterocycles. The van der Waals surface area contributed by atoms with Crippen LogP contribution in [-0.2, 0) is 6.61 Å². The molecule has 0 saturated heterocycles. The first-order valence-electron chi connectivity index (χ1n) is 9.31. The van der Waals surface area contributed by atoms with E-state index in [0.717, 1.165) is 0 Å². The van der Waals surface area contributed by atoms with Gasteiger partial charge in [-0.05, 0) is 43.7 Å². The van der Waals surface area contributed by atoms with Crippen LogP contribution in [0.2, 0.25) is 0 Å². The molecule has 0 N–H and O–H groups in total. The number of hydrogen-bond donors (Lipinski definition) is 0. The first kappa shape index (κ1) is 21.5. The molecular weight excluding hydrogens is 406 g/mol. The Morgan fingerprint density at radius 2 is 1.81 bits per heavy atom. The molecule has 0 saturated carbocycles. The Hall–Kier alpha value is -4.21. The van der Waals surface area contributed by atoms with Crippen LogP contribution < -0.4 is 9.47 Å². The third kappa shape index (κ3) is 5.04. The molecule has 3 rings (SSSR count). The molecule has 0 atom stereocenters. The predicted molar refractivity (Wildman–Crippen MR) is 112 cm³/mol. The second-order valence-electron chi connectivity index (χ2n) is 6.38. The quantitative estimate of drug-likeness (QED) is 0.348. The van der Waals surface area contributed by atoms with Gasteiger partial charge >= 0.3 is 5.69 Å². The third-order valence-corrected chi connectivity index (χ3v) is 4.31. The largest absolute Gasteiger partial charge is 0.490 e. The molecule has 0 spiro atoms. The van der Waals surface area contributed by atoms with Gasteiger partial charge in [0.25, 0.3) is 5.69 Å². The van der Waals surface area contributed by atoms with Crippen molar-refractivity contribution in [3.05, 3.63) is 85.3 Å². The van der Waals surface area contributed by atoms with Crippen LogP contribution in [0.4, 0.5) is 11.4 Å². The van der Waals surface area contributed by atoms with Gasteiger partial charge in [0.05, 0.1) is 22.0 Å². The molecule has 0 radical (unpaired) electrons. The molecule has 0 fully saturated rings. The van der Waals surface area contributed by atoms with Crippen LogP contribution in [0, 0.1) is 27.2 Å². The topological polar surface area (TPSA) is 131 Å². The summed E-state index contributed by atoms with van der Waals surface area (Å²) < 4.78 is 16.4. The van der Waals surface area contributed by atoms with Crippen molar-refractivity contribution < 1.29 is 23.8 Å². The van der Waals surface area contributed by atoms with Gasteiger partial charge in [0.2, 0.25) is 5.76 Å². The van der Waals surface area contributed by atoms with Gasteiger partial charge in [-0.2, -0.15) is 0 Å². The third-order valence-electron chi connectivity index (χ3n) is 4.31. The van der Waals surface area contributed by atoms with E-state index >= 15 is 0 Å². The maximum atomic E-state index is 11.2. The van der Waals surface area contributed by atoms with Crippen molar-refractivity contribution in [1.29, 1.82) is 0 Å². The van der Waals surface area contributed by atoms with Crippen LogP contribution in [0.5, 0.6) is 11.5 Å². The number of aryl methyl sites for hydroxylation is 1. The van der Waals surface area contributed by atoms with Crippen molar-refractivity contribution in [2.75, 3.05) is 6.61 Å². The van der Waals surface area contributed by atoms with E-state index in [1.54, 1.807) is 42.5 Å². The van der Waals surface area contributed by atoms with Gasteiger partial charge in [-0.3, -0.25) is 20.2 Å². The van der Waals surface area contributed by atoms with Crippen LogP contribution in [0.15, 0.2) is 47.0 Å². The highest BCUT2D eigenvalue weighted by Gasteiger charge is 2.22. The Labute approximate surface area is 177 Å². The molecule has 10 nitrogen and oxygen atoms in total. The molecule has 0 amide bonds. The molecule has 1 heterocycles. The molecule has 2 aromatic carbocycles. The predicted octanol–water partition coefficient (Wildman–Crippen LogP) is 4.95. The number of ether oxygens (including phenoxy) is 2. The first-order chi connectivity index (χ1) is 14.9. The van der Waals surface area contributed by atoms with E-state index in [2.05, 4.69) is 5.16 Å². The van der Waals surface area contributed by atoms with Crippen LogP contribution in [-0.4, -0.2) is 21.6 Å². The minimum atomic E-state index is -0.545. The molecule has 0 aliphatic rings. The molecule has 0 aliphatic heterocycles. The molecule has 10 heteroatoms. The van der Waals surface area contributed by atoms with Crippen molar-refractivity contribution in [3.63, 3.8) is 0 Å². The van der Waals surface area contributed by atoms with Crippen LogP contribution in [0.25, 0.3) is 12.2 Å². The lowest BCUT2D eigenvalue weighted by molar-refractivity contribution is -0.386. The summed E-state index contributed by atoms with van der Waals surface area (Å²) in [7, 11) is 0. The lowest BCUT2D eigenvalue weighted by Crippen LogP contribution is -2.02. The van der Waals surface area contributed by atoms with Gasteiger partial charge in [-0.25, -0.2) is 0 Å². The van der Waals surface area contributed by atoms with Gasteiger partial charge in [0, 0.05) is 6.07 Å². The van der Waals surface area contributed by atoms with Gasteiger partial charge in [-0.1, -0.05) is 29.4 Å². The Bertz CT molecular complexity index is 1140. The number of nitro groups is 2. The van der Waals surface area contributed by atoms with E-state index in [-0.39, 0.29) is 29.4 Å². The van der Waals surface area contributed by atoms with E-state index in [1.807, 2.05) is 6.92 Å². The average molecular weight is 425 g/mol. The average Bonchev–Trinajstić information content (AvgIpc) is 3.12. The Morgan fingerprint density at radius 3 is 2.52 bits per heavy atom. The summed E-state index contributed by atoms with van der Waals surface area (Å²) in [6.07, 6.45) is 3.08. The van der Waals surface area contributed by atoms with E-state index < -0.39 is 9.85 Å². The molecule has 3 aromatic rings. The summed E-state index contributed by atoms with van der Waals surface area (Å²) in [6, 6.07) is 11.4. The fourth-order valence-corrected chi connectivity index (χ4v) is 2.87. The second-order valence-corrected chi connectivity index (χ2v) is 6.38. The van der Waals surface area contributed by atoms with Crippen molar-refractivity contribution in [2.24, 2.45) is 0 Å². The molecule has 31 heavy (non-hydrogen) atoms. The van der Waals surface area contributed by atoms with Gasteiger partial charge in [0.1, 0.15) is 6.61 Å². The number of hydrogen-bond acceptors (Lipinski definition) is 8. The highest BCUT2D eigenvalue weighted by atomic mass is 16.6. The summed E-state index contributed by atoms with van der Waals surface area (Å²) in [5.41, 5.74) is 1.10. The molecule has 0 unspecified atom stereocenters. The Morgan fingerprint density at radius 1 is 1.03 bits per heavy atom. The lowest BCUT2D eigenvalue weighted by Gasteiger charge is -2.13. The summed E-state index contributed by atoms with van der Waals surface area (Å²) in [6.45, 7) is 3.68. The zero-order chi connectivity index (χ0) is 22.4. The highest BCUT2D eigenvalue weighted by molar-refractivity contribution is 5.72. The lowest BCUT2D eigenvalue weighted by atomic mass is 10.1. The molecular formula is C21H19N3O7. The summed E-state index contributed by atoms with van der Waals surface area (Å²) >= 11 is 0. The summed E-state index contributed by atoms with van der Waals surface area (Å²) in [5, 5.41) is 25.9. The van der Waals surface area contributed by atoms with E-state index in [0.29, 0.717) is 29.2 Å². The Balaban J connectivity index is 1.82. The smallest absolute Gasteiger partial charge is 0.338 e. The maximum Gasteiger partial charge on any atom is 0.338 e. The van der Waals surface area contributed by atoms with E-state index in [4.69, 9.17) is 14.0 Å². The van der Waals surface area contributed by atoms with Crippen molar-refractivity contribution >= 4 is 23.5 Å². The minimum Gasteiger partial charge on any atom is -0.490 e. The molecule has 0 aliphatic carbocycles. The number of nitrogens with zero attached hydrogens (tertiary/aromatic N) is 3. The molecule has 160 valence electrons. The van der Waals surface area contributed by atoms with E-state index in [9.17, 15) is 20.2 Å². The number of rotatable bonds is 9. The highest BCUT2D eigenvalue weighted by Crippen LogP contribution is 2.31. The SMILES string of the molecule is CCOc1cc(/C=C\c2onc(C)c2[N+](=O)[O-])ccc1OCc1ccccc1[N+](=O)[O-]. The van der Waals surface area contributed by atoms with Gasteiger partial charge < -0.3 is 14.0 Å². The minimum absolute atomic E-state index is 0.00402. The zero-order valence-corrected chi connectivity index (χ0v) is 16.8. The first-order valence-corrected chi connectivity index (χ1v) is 9.31. The van der Waals surface area contributed by atoms with Crippen molar-refractivity contribution in [1.82, 2.24) is 5.16 Å². The maximum absolute atomic E-state index is 11.2. The molecule has 0 bridgehead atoms. The fourth-order valence-electron chi connectivity index (χ4n) is 2.87. The number of aromatic nitrogens is 1. The van der Waals surface area contributed by atoms with Gasteiger partial charge in [0.15, 0.2) is 17.2 Å². The van der Waals surface area contributed by atoms with Gasteiger partial charge in [-0.15, -0.1) is 0 Å². The normalized spacial score (nSPS) is 10.9. The Kier molecular flexibility index (Phi) is 6.61. The van der Waals surface area contributed by atoms with Crippen LogP contribution in [0.3, 0.4) is 0 Å². The van der Waals surface area contributed by atoms with Crippen molar-refractivity contribution in [2.45, 2.75) is 20.5 Å².